The highest BCUT2D eigenvalue weighted by Gasteiger charge is 2.19. The van der Waals surface area contributed by atoms with Crippen molar-refractivity contribution in [1.29, 1.82) is 0 Å². The van der Waals surface area contributed by atoms with Crippen molar-refractivity contribution in [2.75, 3.05) is 0 Å². The van der Waals surface area contributed by atoms with Crippen molar-refractivity contribution in [1.82, 2.24) is 4.98 Å². The molecule has 0 aliphatic carbocycles. The quantitative estimate of drug-likeness (QED) is 0.647. The van der Waals surface area contributed by atoms with Crippen LogP contribution in [0.5, 0.6) is 11.6 Å². The first-order valence-corrected chi connectivity index (χ1v) is 9.44. The highest BCUT2D eigenvalue weighted by atomic mass is 35.5. The highest BCUT2D eigenvalue weighted by molar-refractivity contribution is 7.91. The van der Waals surface area contributed by atoms with Crippen LogP contribution in [0.15, 0.2) is 70.6 Å². The van der Waals surface area contributed by atoms with E-state index in [-0.39, 0.29) is 15.5 Å². The topological polar surface area (TPSA) is 56.3 Å². The SMILES string of the molecule is Cc1ccc(S(=O)(=O)c2ccc(Cl)c(Oc3ccc(C)cn3)c2)cc1. The van der Waals surface area contributed by atoms with Gasteiger partial charge in [-0.25, -0.2) is 13.4 Å². The standard InChI is InChI=1S/C19H16ClNO3S/c1-13-3-6-15(7-4-13)25(22,23)16-8-9-17(20)18(11-16)24-19-10-5-14(2)12-21-19/h3-12H,1-2H3. The van der Waals surface area contributed by atoms with Crippen LogP contribution in [0.4, 0.5) is 0 Å². The number of pyridine rings is 1. The number of rotatable bonds is 4. The van der Waals surface area contributed by atoms with E-state index in [0.717, 1.165) is 11.1 Å². The zero-order chi connectivity index (χ0) is 18.0. The van der Waals surface area contributed by atoms with Crippen molar-refractivity contribution in [3.8, 4) is 11.6 Å². The number of hydrogen-bond acceptors (Lipinski definition) is 4. The zero-order valence-electron chi connectivity index (χ0n) is 13.7. The van der Waals surface area contributed by atoms with Crippen LogP contribution >= 0.6 is 11.6 Å². The number of sulfone groups is 1. The number of halogens is 1. The molecule has 0 fully saturated rings. The van der Waals surface area contributed by atoms with Crippen LogP contribution in [0.2, 0.25) is 5.02 Å². The summed E-state index contributed by atoms with van der Waals surface area (Å²) in [5.41, 5.74) is 1.98. The van der Waals surface area contributed by atoms with Crippen LogP contribution in [0.3, 0.4) is 0 Å². The average molecular weight is 374 g/mol. The maximum atomic E-state index is 12.8. The number of hydrogen-bond donors (Lipinski definition) is 0. The predicted molar refractivity (Wildman–Crippen MR) is 97.1 cm³/mol. The molecule has 0 spiro atoms. The van der Waals surface area contributed by atoms with Crippen LogP contribution in [0.25, 0.3) is 0 Å². The summed E-state index contributed by atoms with van der Waals surface area (Å²) in [7, 11) is -3.65. The minimum atomic E-state index is -3.65. The number of nitrogens with zero attached hydrogens (tertiary/aromatic N) is 1. The van der Waals surface area contributed by atoms with Crippen molar-refractivity contribution in [3.05, 3.63) is 76.9 Å². The second-order valence-corrected chi connectivity index (χ2v) is 8.04. The molecular formula is C19H16ClNO3S. The number of aromatic nitrogens is 1. The predicted octanol–water partition coefficient (Wildman–Crippen LogP) is 4.98. The lowest BCUT2D eigenvalue weighted by Crippen LogP contribution is -2.02. The molecule has 0 saturated carbocycles. The second kappa shape index (κ2) is 6.86. The molecule has 25 heavy (non-hydrogen) atoms. The van der Waals surface area contributed by atoms with E-state index in [1.54, 1.807) is 36.5 Å². The summed E-state index contributed by atoms with van der Waals surface area (Å²) in [6, 6.07) is 14.6. The maximum Gasteiger partial charge on any atom is 0.219 e. The Hall–Kier alpha value is -2.37. The van der Waals surface area contributed by atoms with E-state index in [1.165, 1.54) is 18.2 Å². The van der Waals surface area contributed by atoms with Crippen molar-refractivity contribution in [2.24, 2.45) is 0 Å². The van der Waals surface area contributed by atoms with E-state index >= 15 is 0 Å². The molecule has 0 amide bonds. The number of aryl methyl sites for hydroxylation is 2. The molecule has 1 aromatic heterocycles. The summed E-state index contributed by atoms with van der Waals surface area (Å²) >= 11 is 6.15. The number of ether oxygens (including phenoxy) is 1. The van der Waals surface area contributed by atoms with E-state index < -0.39 is 9.84 Å². The van der Waals surface area contributed by atoms with Gasteiger partial charge in [0.2, 0.25) is 15.7 Å². The Kier molecular flexibility index (Phi) is 4.79. The molecular weight excluding hydrogens is 358 g/mol. The molecule has 0 radical (unpaired) electrons. The lowest BCUT2D eigenvalue weighted by Gasteiger charge is -2.10. The Balaban J connectivity index is 1.98. The van der Waals surface area contributed by atoms with E-state index in [4.69, 9.17) is 16.3 Å². The minimum absolute atomic E-state index is 0.114. The molecule has 3 rings (SSSR count). The van der Waals surface area contributed by atoms with Gasteiger partial charge in [0.15, 0.2) is 0 Å². The van der Waals surface area contributed by atoms with Crippen LogP contribution < -0.4 is 4.74 Å². The van der Waals surface area contributed by atoms with Crippen molar-refractivity contribution in [2.45, 2.75) is 23.6 Å². The summed E-state index contributed by atoms with van der Waals surface area (Å²) in [5, 5.41) is 0.310. The molecule has 6 heteroatoms. The third kappa shape index (κ3) is 3.83. The Morgan fingerprint density at radius 3 is 2.16 bits per heavy atom. The molecule has 128 valence electrons. The molecule has 0 aliphatic rings. The van der Waals surface area contributed by atoms with Crippen LogP contribution in [0.1, 0.15) is 11.1 Å². The molecule has 0 bridgehead atoms. The van der Waals surface area contributed by atoms with E-state index in [2.05, 4.69) is 4.98 Å². The largest absolute Gasteiger partial charge is 0.437 e. The summed E-state index contributed by atoms with van der Waals surface area (Å²) < 4.78 is 31.2. The van der Waals surface area contributed by atoms with Gasteiger partial charge in [0, 0.05) is 18.3 Å². The van der Waals surface area contributed by atoms with Crippen molar-refractivity contribution in [3.63, 3.8) is 0 Å². The van der Waals surface area contributed by atoms with Crippen molar-refractivity contribution >= 4 is 21.4 Å². The Morgan fingerprint density at radius 1 is 0.880 bits per heavy atom. The van der Waals surface area contributed by atoms with Gasteiger partial charge < -0.3 is 4.74 Å². The van der Waals surface area contributed by atoms with Gasteiger partial charge in [0.05, 0.1) is 14.8 Å². The summed E-state index contributed by atoms with van der Waals surface area (Å²) in [4.78, 5) is 4.48. The second-order valence-electron chi connectivity index (χ2n) is 5.68. The fourth-order valence-electron chi connectivity index (χ4n) is 2.21. The number of benzene rings is 2. The molecule has 4 nitrogen and oxygen atoms in total. The average Bonchev–Trinajstić information content (AvgIpc) is 2.59. The molecule has 0 aliphatic heterocycles. The van der Waals surface area contributed by atoms with Gasteiger partial charge >= 0.3 is 0 Å². The van der Waals surface area contributed by atoms with E-state index in [9.17, 15) is 8.42 Å². The van der Waals surface area contributed by atoms with Crippen LogP contribution in [-0.2, 0) is 9.84 Å². The molecule has 0 unspecified atom stereocenters. The van der Waals surface area contributed by atoms with Crippen LogP contribution in [0, 0.1) is 13.8 Å². The molecule has 0 N–H and O–H groups in total. The zero-order valence-corrected chi connectivity index (χ0v) is 15.3. The monoisotopic (exact) mass is 373 g/mol. The van der Waals surface area contributed by atoms with Gasteiger partial charge in [-0.1, -0.05) is 35.4 Å². The van der Waals surface area contributed by atoms with Gasteiger partial charge in [-0.3, -0.25) is 0 Å². The summed E-state index contributed by atoms with van der Waals surface area (Å²) in [6.07, 6.45) is 1.66. The summed E-state index contributed by atoms with van der Waals surface area (Å²) in [5.74, 6) is 0.587. The van der Waals surface area contributed by atoms with Gasteiger partial charge in [0.1, 0.15) is 5.75 Å². The molecule has 2 aromatic carbocycles. The fraction of sp³-hybridized carbons (Fsp3) is 0.105. The first kappa shape index (κ1) is 17.5. The van der Waals surface area contributed by atoms with E-state index in [0.29, 0.717) is 10.9 Å². The molecule has 1 heterocycles. The van der Waals surface area contributed by atoms with Gasteiger partial charge in [-0.05, 0) is 43.7 Å². The first-order chi connectivity index (χ1) is 11.9. The Labute approximate surface area is 152 Å². The molecule has 3 aromatic rings. The smallest absolute Gasteiger partial charge is 0.219 e. The lowest BCUT2D eigenvalue weighted by atomic mass is 10.2. The third-order valence-corrected chi connectivity index (χ3v) is 5.72. The first-order valence-electron chi connectivity index (χ1n) is 7.58. The Bertz CT molecular complexity index is 998. The fourth-order valence-corrected chi connectivity index (χ4v) is 3.64. The summed E-state index contributed by atoms with van der Waals surface area (Å²) in [6.45, 7) is 3.82. The van der Waals surface area contributed by atoms with Gasteiger partial charge in [-0.15, -0.1) is 0 Å². The normalized spacial score (nSPS) is 11.3. The van der Waals surface area contributed by atoms with Gasteiger partial charge in [-0.2, -0.15) is 0 Å². The Morgan fingerprint density at radius 2 is 1.52 bits per heavy atom. The van der Waals surface area contributed by atoms with Gasteiger partial charge in [0.25, 0.3) is 0 Å². The maximum absolute atomic E-state index is 12.8. The highest BCUT2D eigenvalue weighted by Crippen LogP contribution is 2.33. The third-order valence-electron chi connectivity index (χ3n) is 3.64. The molecule has 0 atom stereocenters. The van der Waals surface area contributed by atoms with Crippen LogP contribution in [-0.4, -0.2) is 13.4 Å². The lowest BCUT2D eigenvalue weighted by molar-refractivity contribution is 0.461. The minimum Gasteiger partial charge on any atom is -0.437 e. The van der Waals surface area contributed by atoms with Crippen molar-refractivity contribution < 1.29 is 13.2 Å². The molecule has 0 saturated heterocycles. The van der Waals surface area contributed by atoms with E-state index in [1.807, 2.05) is 19.9 Å².